The normalized spacial score (nSPS) is 18.5. The first-order chi connectivity index (χ1) is 7.04. The zero-order valence-electron chi connectivity index (χ0n) is 10.2. The smallest absolute Gasteiger partial charge is 0.0743 e. The predicted octanol–water partition coefficient (Wildman–Crippen LogP) is 2.56. The summed E-state index contributed by atoms with van der Waals surface area (Å²) in [4.78, 5) is 3.29. The third-order valence-corrected chi connectivity index (χ3v) is 3.14. The minimum atomic E-state index is 0.567. The fraction of sp³-hybridized carbons (Fsp3) is 0.917. The van der Waals surface area contributed by atoms with Gasteiger partial charge in [0.15, 0.2) is 0 Å². The van der Waals surface area contributed by atoms with Crippen LogP contribution in [0.3, 0.4) is 0 Å². The largest absolute Gasteiger partial charge is 0.393 e. The summed E-state index contributed by atoms with van der Waals surface area (Å²) in [5.41, 5.74) is 5.66. The maximum atomic E-state index is 5.66. The molecular weight excluding hydrogens is 204 g/mol. The van der Waals surface area contributed by atoms with E-state index in [1.54, 1.807) is 0 Å². The molecule has 0 aromatic heterocycles. The maximum absolute atomic E-state index is 5.66. The molecule has 0 aromatic carbocycles. The Morgan fingerprint density at radius 3 is 2.40 bits per heavy atom. The molecule has 0 amide bonds. The lowest BCUT2D eigenvalue weighted by Gasteiger charge is -2.32. The average molecular weight is 228 g/mol. The molecule has 88 valence electrons. The van der Waals surface area contributed by atoms with E-state index >= 15 is 0 Å². The van der Waals surface area contributed by atoms with Crippen LogP contribution in [0.15, 0.2) is 0 Å². The summed E-state index contributed by atoms with van der Waals surface area (Å²) in [5, 5.41) is 0. The van der Waals surface area contributed by atoms with Gasteiger partial charge in [0, 0.05) is 25.0 Å². The molecule has 0 heterocycles. The van der Waals surface area contributed by atoms with Crippen LogP contribution in [0.25, 0.3) is 0 Å². The monoisotopic (exact) mass is 228 g/mol. The van der Waals surface area contributed by atoms with E-state index in [9.17, 15) is 0 Å². The third-order valence-electron chi connectivity index (χ3n) is 2.97. The average Bonchev–Trinajstić information content (AvgIpc) is 2.93. The SMILES string of the molecule is CCC(CC(N)=S)N(CC(C)C)C1CC1. The van der Waals surface area contributed by atoms with Crippen LogP contribution in [-0.2, 0) is 0 Å². The number of rotatable bonds is 7. The lowest BCUT2D eigenvalue weighted by atomic mass is 10.1. The molecule has 2 N–H and O–H groups in total. The molecule has 15 heavy (non-hydrogen) atoms. The fourth-order valence-electron chi connectivity index (χ4n) is 2.15. The van der Waals surface area contributed by atoms with Crippen molar-refractivity contribution in [2.24, 2.45) is 11.7 Å². The van der Waals surface area contributed by atoms with Gasteiger partial charge in [-0.25, -0.2) is 0 Å². The molecule has 2 nitrogen and oxygen atoms in total. The number of nitrogens with two attached hydrogens (primary N) is 1. The van der Waals surface area contributed by atoms with Crippen molar-refractivity contribution >= 4 is 17.2 Å². The van der Waals surface area contributed by atoms with Crippen LogP contribution in [0.1, 0.15) is 46.5 Å². The summed E-state index contributed by atoms with van der Waals surface area (Å²) in [5.74, 6) is 0.728. The van der Waals surface area contributed by atoms with Gasteiger partial charge in [-0.3, -0.25) is 4.90 Å². The van der Waals surface area contributed by atoms with Crippen molar-refractivity contribution in [2.45, 2.75) is 58.5 Å². The van der Waals surface area contributed by atoms with Gasteiger partial charge in [-0.15, -0.1) is 0 Å². The Bertz CT molecular complexity index is 212. The predicted molar refractivity (Wildman–Crippen MR) is 70.0 cm³/mol. The van der Waals surface area contributed by atoms with Crippen LogP contribution in [-0.4, -0.2) is 28.5 Å². The fourth-order valence-corrected chi connectivity index (χ4v) is 2.34. The molecule has 0 bridgehead atoms. The summed E-state index contributed by atoms with van der Waals surface area (Å²) in [6.07, 6.45) is 4.76. The second kappa shape index (κ2) is 5.80. The maximum Gasteiger partial charge on any atom is 0.0743 e. The summed E-state index contributed by atoms with van der Waals surface area (Å²) >= 11 is 5.03. The molecule has 0 aliphatic heterocycles. The molecule has 0 saturated heterocycles. The summed E-state index contributed by atoms with van der Waals surface area (Å²) < 4.78 is 0. The van der Waals surface area contributed by atoms with Gasteiger partial charge in [0.25, 0.3) is 0 Å². The molecule has 1 fully saturated rings. The topological polar surface area (TPSA) is 29.3 Å². The standard InChI is InChI=1S/C12H24N2S/c1-4-10(7-12(13)15)14(8-9(2)3)11-5-6-11/h9-11H,4-8H2,1-3H3,(H2,13,15). The first kappa shape index (κ1) is 12.9. The lowest BCUT2D eigenvalue weighted by molar-refractivity contribution is 0.164. The molecule has 0 spiro atoms. The van der Waals surface area contributed by atoms with Crippen LogP contribution in [0.4, 0.5) is 0 Å². The van der Waals surface area contributed by atoms with Gasteiger partial charge in [-0.05, 0) is 25.2 Å². The summed E-state index contributed by atoms with van der Waals surface area (Å²) in [6, 6.07) is 1.38. The highest BCUT2D eigenvalue weighted by Gasteiger charge is 2.33. The van der Waals surface area contributed by atoms with Crippen LogP contribution in [0.5, 0.6) is 0 Å². The quantitative estimate of drug-likeness (QED) is 0.679. The van der Waals surface area contributed by atoms with E-state index in [0.717, 1.165) is 24.8 Å². The van der Waals surface area contributed by atoms with Crippen molar-refractivity contribution < 1.29 is 0 Å². The Morgan fingerprint density at radius 2 is 2.07 bits per heavy atom. The minimum Gasteiger partial charge on any atom is -0.393 e. The number of hydrogen-bond donors (Lipinski definition) is 1. The molecule has 0 radical (unpaired) electrons. The highest BCUT2D eigenvalue weighted by atomic mass is 32.1. The first-order valence-electron chi connectivity index (χ1n) is 6.08. The van der Waals surface area contributed by atoms with Crippen molar-refractivity contribution in [3.8, 4) is 0 Å². The molecule has 0 aromatic rings. The van der Waals surface area contributed by atoms with Gasteiger partial charge in [-0.1, -0.05) is 33.0 Å². The highest BCUT2D eigenvalue weighted by molar-refractivity contribution is 7.80. The molecular formula is C12H24N2S. The van der Waals surface area contributed by atoms with E-state index in [0.29, 0.717) is 11.0 Å². The molecule has 1 rings (SSSR count). The van der Waals surface area contributed by atoms with Crippen molar-refractivity contribution in [1.82, 2.24) is 4.90 Å². The number of thiocarbonyl (C=S) groups is 1. The van der Waals surface area contributed by atoms with Crippen molar-refractivity contribution in [3.63, 3.8) is 0 Å². The molecule has 1 aliphatic carbocycles. The lowest BCUT2D eigenvalue weighted by Crippen LogP contribution is -2.41. The zero-order valence-corrected chi connectivity index (χ0v) is 11.0. The van der Waals surface area contributed by atoms with E-state index < -0.39 is 0 Å². The van der Waals surface area contributed by atoms with Gasteiger partial charge < -0.3 is 5.73 Å². The Balaban J connectivity index is 2.54. The second-order valence-electron chi connectivity index (χ2n) is 5.05. The first-order valence-corrected chi connectivity index (χ1v) is 6.49. The van der Waals surface area contributed by atoms with Gasteiger partial charge in [0.05, 0.1) is 4.99 Å². The van der Waals surface area contributed by atoms with Crippen molar-refractivity contribution in [3.05, 3.63) is 0 Å². The van der Waals surface area contributed by atoms with Gasteiger partial charge in [0.2, 0.25) is 0 Å². The van der Waals surface area contributed by atoms with E-state index in [1.165, 1.54) is 19.4 Å². The summed E-state index contributed by atoms with van der Waals surface area (Å²) in [7, 11) is 0. The van der Waals surface area contributed by atoms with E-state index in [1.807, 2.05) is 0 Å². The second-order valence-corrected chi connectivity index (χ2v) is 5.58. The molecule has 1 unspecified atom stereocenters. The van der Waals surface area contributed by atoms with Crippen LogP contribution in [0, 0.1) is 5.92 Å². The highest BCUT2D eigenvalue weighted by Crippen LogP contribution is 2.31. The molecule has 1 saturated carbocycles. The van der Waals surface area contributed by atoms with E-state index in [-0.39, 0.29) is 0 Å². The van der Waals surface area contributed by atoms with Crippen molar-refractivity contribution in [2.75, 3.05) is 6.54 Å². The Kier molecular flexibility index (Phi) is 5.00. The van der Waals surface area contributed by atoms with Gasteiger partial charge in [0.1, 0.15) is 0 Å². The van der Waals surface area contributed by atoms with Crippen LogP contribution < -0.4 is 5.73 Å². The third kappa shape index (κ3) is 4.47. The van der Waals surface area contributed by atoms with E-state index in [2.05, 4.69) is 25.7 Å². The van der Waals surface area contributed by atoms with Gasteiger partial charge in [-0.2, -0.15) is 0 Å². The Labute approximate surface area is 99.2 Å². The minimum absolute atomic E-state index is 0.567. The molecule has 3 heteroatoms. The number of hydrogen-bond acceptors (Lipinski definition) is 2. The summed E-state index contributed by atoms with van der Waals surface area (Å²) in [6.45, 7) is 7.98. The molecule has 1 aliphatic rings. The number of nitrogens with zero attached hydrogens (tertiary/aromatic N) is 1. The van der Waals surface area contributed by atoms with Crippen LogP contribution in [0.2, 0.25) is 0 Å². The zero-order chi connectivity index (χ0) is 11.4. The Morgan fingerprint density at radius 1 is 1.47 bits per heavy atom. The van der Waals surface area contributed by atoms with Crippen LogP contribution >= 0.6 is 12.2 Å². The van der Waals surface area contributed by atoms with Crippen molar-refractivity contribution in [1.29, 1.82) is 0 Å². The molecule has 1 atom stereocenters. The van der Waals surface area contributed by atoms with Gasteiger partial charge >= 0.3 is 0 Å². The Hall–Kier alpha value is -0.150. The van der Waals surface area contributed by atoms with E-state index in [4.69, 9.17) is 18.0 Å².